The molecule has 0 aromatic carbocycles. The van der Waals surface area contributed by atoms with Crippen LogP contribution in [0.1, 0.15) is 85.5 Å². The van der Waals surface area contributed by atoms with E-state index in [1.807, 2.05) is 0 Å². The van der Waals surface area contributed by atoms with Crippen LogP contribution in [0, 0.1) is 52.3 Å². The summed E-state index contributed by atoms with van der Waals surface area (Å²) in [6, 6.07) is 0. The highest BCUT2D eigenvalue weighted by atomic mass is 16.7. The fourth-order valence-electron chi connectivity index (χ4n) is 9.93. The van der Waals surface area contributed by atoms with Crippen molar-refractivity contribution in [3.63, 3.8) is 0 Å². The van der Waals surface area contributed by atoms with Crippen LogP contribution in [0.25, 0.3) is 0 Å². The second-order valence-corrected chi connectivity index (χ2v) is 13.0. The molecule has 4 saturated carbocycles. The molecule has 0 amide bonds. The van der Waals surface area contributed by atoms with Crippen molar-refractivity contribution in [2.45, 2.75) is 103 Å². The molecule has 0 aromatic rings. The summed E-state index contributed by atoms with van der Waals surface area (Å²) < 4.78 is 13.2. The van der Waals surface area contributed by atoms with Crippen LogP contribution in [0.4, 0.5) is 0 Å². The first kappa shape index (κ1) is 21.1. The van der Waals surface area contributed by atoms with Gasteiger partial charge in [-0.2, -0.15) is 0 Å². The van der Waals surface area contributed by atoms with Crippen molar-refractivity contribution in [3.8, 4) is 0 Å². The van der Waals surface area contributed by atoms with Gasteiger partial charge in [-0.05, 0) is 80.0 Å². The van der Waals surface area contributed by atoms with Gasteiger partial charge < -0.3 is 14.6 Å². The maximum Gasteiger partial charge on any atom is 0.171 e. The Hall–Kier alpha value is -0.450. The van der Waals surface area contributed by atoms with Crippen molar-refractivity contribution in [2.75, 3.05) is 6.61 Å². The van der Waals surface area contributed by atoms with Crippen LogP contribution in [0.2, 0.25) is 0 Å². The SMILES string of the molecule is CC1CCC2(OC1)OC1CC3C4CC[C@H]5C[C@H](O)CC[C@]5(C)C4CC(=O)[C@]3(C)C1C2C. The predicted molar refractivity (Wildman–Crippen MR) is 118 cm³/mol. The molecule has 0 aromatic heterocycles. The summed E-state index contributed by atoms with van der Waals surface area (Å²) in [7, 11) is 0. The average molecular weight is 431 g/mol. The number of ether oxygens (including phenoxy) is 2. The van der Waals surface area contributed by atoms with Crippen LogP contribution in [-0.2, 0) is 14.3 Å². The molecule has 12 atom stereocenters. The molecule has 1 spiro atoms. The first-order valence-electron chi connectivity index (χ1n) is 13.2. The second-order valence-electron chi connectivity index (χ2n) is 13.0. The Morgan fingerprint density at radius 2 is 1.81 bits per heavy atom. The summed E-state index contributed by atoms with van der Waals surface area (Å²) in [4.78, 5) is 14.0. The molecule has 0 radical (unpaired) electrons. The normalized spacial score (nSPS) is 60.9. The fraction of sp³-hybridized carbons (Fsp3) is 0.963. The predicted octanol–water partition coefficient (Wildman–Crippen LogP) is 4.97. The average Bonchev–Trinajstić information content (AvgIpc) is 3.18. The smallest absolute Gasteiger partial charge is 0.171 e. The molecule has 0 bridgehead atoms. The van der Waals surface area contributed by atoms with Crippen LogP contribution in [0.3, 0.4) is 0 Å². The number of hydrogen-bond donors (Lipinski definition) is 1. The second kappa shape index (κ2) is 6.79. The highest BCUT2D eigenvalue weighted by molar-refractivity contribution is 5.87. The number of carbonyl (C=O) groups excluding carboxylic acids is 1. The maximum absolute atomic E-state index is 14.0. The van der Waals surface area contributed by atoms with Gasteiger partial charge in [-0.1, -0.05) is 27.7 Å². The Labute approximate surface area is 187 Å². The molecule has 8 unspecified atom stereocenters. The van der Waals surface area contributed by atoms with E-state index in [9.17, 15) is 9.90 Å². The molecule has 174 valence electrons. The van der Waals surface area contributed by atoms with Crippen LogP contribution in [0.5, 0.6) is 0 Å². The zero-order valence-electron chi connectivity index (χ0n) is 19.9. The Morgan fingerprint density at radius 1 is 1.00 bits per heavy atom. The van der Waals surface area contributed by atoms with Gasteiger partial charge in [0.05, 0.1) is 18.8 Å². The lowest BCUT2D eigenvalue weighted by Crippen LogP contribution is -2.58. The third-order valence-electron chi connectivity index (χ3n) is 11.8. The minimum absolute atomic E-state index is 0.131. The number of aliphatic hydroxyl groups is 1. The molecule has 6 rings (SSSR count). The van der Waals surface area contributed by atoms with Crippen molar-refractivity contribution in [3.05, 3.63) is 0 Å². The van der Waals surface area contributed by atoms with Gasteiger partial charge >= 0.3 is 0 Å². The number of fused-ring (bicyclic) bond motifs is 7. The lowest BCUT2D eigenvalue weighted by atomic mass is 9.44. The third-order valence-corrected chi connectivity index (χ3v) is 11.8. The van der Waals surface area contributed by atoms with E-state index in [0.29, 0.717) is 41.3 Å². The standard InChI is InChI=1S/C27H42O4/c1-15-7-10-27(30-14-15)16(2)24-22(31-27)12-21-19-6-5-17-11-18(28)8-9-25(17,3)20(19)13-23(29)26(21,24)4/h15-22,24,28H,5-14H2,1-4H3/t15?,16?,17-,18+,19?,20?,21?,22?,24?,25-,26+,27?/m0/s1. The van der Waals surface area contributed by atoms with Gasteiger partial charge in [0.2, 0.25) is 0 Å². The fourth-order valence-corrected chi connectivity index (χ4v) is 9.93. The summed E-state index contributed by atoms with van der Waals surface area (Å²) in [5.74, 6) is 3.45. The van der Waals surface area contributed by atoms with Crippen molar-refractivity contribution < 1.29 is 19.4 Å². The number of carbonyl (C=O) groups is 1. The topological polar surface area (TPSA) is 55.8 Å². The van der Waals surface area contributed by atoms with E-state index in [2.05, 4.69) is 27.7 Å². The van der Waals surface area contributed by atoms with Crippen molar-refractivity contribution in [1.82, 2.24) is 0 Å². The number of rotatable bonds is 0. The van der Waals surface area contributed by atoms with Crippen LogP contribution < -0.4 is 0 Å². The van der Waals surface area contributed by atoms with Crippen molar-refractivity contribution >= 4 is 5.78 Å². The first-order chi connectivity index (χ1) is 14.7. The number of ketones is 1. The molecule has 6 aliphatic rings. The van der Waals surface area contributed by atoms with Crippen molar-refractivity contribution in [1.29, 1.82) is 0 Å². The molecule has 1 N–H and O–H groups in total. The Bertz CT molecular complexity index is 756. The molecule has 4 aliphatic carbocycles. The van der Waals surface area contributed by atoms with E-state index in [1.54, 1.807) is 0 Å². The molecule has 31 heavy (non-hydrogen) atoms. The van der Waals surface area contributed by atoms with Gasteiger partial charge in [0.15, 0.2) is 5.79 Å². The molecule has 4 nitrogen and oxygen atoms in total. The van der Waals surface area contributed by atoms with E-state index < -0.39 is 5.79 Å². The van der Waals surface area contributed by atoms with Crippen molar-refractivity contribution in [2.24, 2.45) is 52.3 Å². The third kappa shape index (κ3) is 2.68. The van der Waals surface area contributed by atoms with E-state index in [1.165, 1.54) is 12.8 Å². The van der Waals surface area contributed by atoms with Gasteiger partial charge in [-0.15, -0.1) is 0 Å². The summed E-state index contributed by atoms with van der Waals surface area (Å²) in [6.45, 7) is 10.1. The minimum Gasteiger partial charge on any atom is -0.393 e. The van der Waals surface area contributed by atoms with Gasteiger partial charge in [-0.3, -0.25) is 4.79 Å². The maximum atomic E-state index is 14.0. The van der Waals surface area contributed by atoms with Gasteiger partial charge in [0.25, 0.3) is 0 Å². The number of hydrogen-bond acceptors (Lipinski definition) is 4. The van der Waals surface area contributed by atoms with Gasteiger partial charge in [-0.25, -0.2) is 0 Å². The first-order valence-corrected chi connectivity index (χ1v) is 13.2. The van der Waals surface area contributed by atoms with E-state index in [4.69, 9.17) is 9.47 Å². The summed E-state index contributed by atoms with van der Waals surface area (Å²) >= 11 is 0. The summed E-state index contributed by atoms with van der Waals surface area (Å²) in [5, 5.41) is 10.3. The van der Waals surface area contributed by atoms with Gasteiger partial charge in [0, 0.05) is 30.1 Å². The molecule has 2 heterocycles. The number of aliphatic hydroxyl groups excluding tert-OH is 1. The highest BCUT2D eigenvalue weighted by Gasteiger charge is 2.71. The zero-order valence-corrected chi connectivity index (χ0v) is 19.9. The Kier molecular flexibility index (Phi) is 4.62. The molecular formula is C27H42O4. The molecular weight excluding hydrogens is 388 g/mol. The van der Waals surface area contributed by atoms with Gasteiger partial charge in [0.1, 0.15) is 5.78 Å². The summed E-state index contributed by atoms with van der Waals surface area (Å²) in [5.41, 5.74) is -0.0221. The number of Topliss-reactive ketones (excluding diaryl/α,β-unsaturated/α-hetero) is 1. The molecule has 4 heteroatoms. The molecule has 2 aliphatic heterocycles. The van der Waals surface area contributed by atoms with Crippen LogP contribution >= 0.6 is 0 Å². The lowest BCUT2D eigenvalue weighted by molar-refractivity contribution is -0.272. The lowest BCUT2D eigenvalue weighted by Gasteiger charge is -2.60. The largest absolute Gasteiger partial charge is 0.393 e. The minimum atomic E-state index is -0.448. The highest BCUT2D eigenvalue weighted by Crippen LogP contribution is 2.70. The van der Waals surface area contributed by atoms with E-state index >= 15 is 0 Å². The van der Waals surface area contributed by atoms with E-state index in [-0.39, 0.29) is 29.0 Å². The van der Waals surface area contributed by atoms with Crippen LogP contribution in [-0.4, -0.2) is 35.5 Å². The molecule has 2 saturated heterocycles. The monoisotopic (exact) mass is 430 g/mol. The Balaban J connectivity index is 1.30. The zero-order chi connectivity index (χ0) is 21.8. The molecule has 6 fully saturated rings. The quantitative estimate of drug-likeness (QED) is 0.589. The van der Waals surface area contributed by atoms with E-state index in [0.717, 1.165) is 51.6 Å². The van der Waals surface area contributed by atoms with Crippen LogP contribution in [0.15, 0.2) is 0 Å². The Morgan fingerprint density at radius 3 is 2.55 bits per heavy atom. The summed E-state index contributed by atoms with van der Waals surface area (Å²) in [6.07, 6.45) is 9.39.